The second-order valence-corrected chi connectivity index (χ2v) is 5.66. The number of hydrogen-bond donors (Lipinski definition) is 2. The number of fused-ring (bicyclic) bond motifs is 1. The van der Waals surface area contributed by atoms with E-state index in [0.717, 1.165) is 51.6 Å². The number of para-hydroxylation sites is 2. The molecule has 0 unspecified atom stereocenters. The Bertz CT molecular complexity index is 945. The zero-order chi connectivity index (χ0) is 15.8. The van der Waals surface area contributed by atoms with Crippen molar-refractivity contribution in [1.29, 1.82) is 0 Å². The van der Waals surface area contributed by atoms with E-state index < -0.39 is 0 Å². The number of rotatable bonds is 3. The van der Waals surface area contributed by atoms with Gasteiger partial charge in [0.1, 0.15) is 11.6 Å². The summed E-state index contributed by atoms with van der Waals surface area (Å²) in [5.74, 6) is 1.77. The standard InChI is InChI=1S/C19H18N4/c1-3-15-12(2)20-18(21-15)13-8-4-5-9-14(13)19-22-16-10-6-7-11-17(16)23-19/h4-11H,3H2,1-2H3,(H,20,21)(H,22,23). The van der Waals surface area contributed by atoms with E-state index in [1.165, 1.54) is 0 Å². The van der Waals surface area contributed by atoms with E-state index in [9.17, 15) is 0 Å². The summed E-state index contributed by atoms with van der Waals surface area (Å²) in [4.78, 5) is 16.3. The molecule has 4 nitrogen and oxygen atoms in total. The van der Waals surface area contributed by atoms with E-state index in [0.29, 0.717) is 0 Å². The maximum absolute atomic E-state index is 4.74. The molecule has 0 saturated carbocycles. The van der Waals surface area contributed by atoms with Crippen LogP contribution in [0.25, 0.3) is 33.8 Å². The summed E-state index contributed by atoms with van der Waals surface area (Å²) >= 11 is 0. The monoisotopic (exact) mass is 302 g/mol. The lowest BCUT2D eigenvalue weighted by Gasteiger charge is -2.04. The van der Waals surface area contributed by atoms with E-state index in [1.807, 2.05) is 36.4 Å². The highest BCUT2D eigenvalue weighted by Gasteiger charge is 2.14. The first kappa shape index (κ1) is 13.8. The largest absolute Gasteiger partial charge is 0.342 e. The van der Waals surface area contributed by atoms with Crippen LogP contribution >= 0.6 is 0 Å². The van der Waals surface area contributed by atoms with Crippen molar-refractivity contribution in [3.8, 4) is 22.8 Å². The highest BCUT2D eigenvalue weighted by atomic mass is 14.9. The molecule has 0 radical (unpaired) electrons. The van der Waals surface area contributed by atoms with Gasteiger partial charge in [-0.05, 0) is 25.5 Å². The van der Waals surface area contributed by atoms with Crippen LogP contribution < -0.4 is 0 Å². The highest BCUT2D eigenvalue weighted by molar-refractivity contribution is 5.84. The van der Waals surface area contributed by atoms with E-state index in [1.54, 1.807) is 0 Å². The van der Waals surface area contributed by atoms with Crippen LogP contribution in [0.1, 0.15) is 18.3 Å². The minimum Gasteiger partial charge on any atom is -0.342 e. The van der Waals surface area contributed by atoms with Crippen molar-refractivity contribution in [3.05, 3.63) is 59.9 Å². The first-order valence-corrected chi connectivity index (χ1v) is 7.86. The van der Waals surface area contributed by atoms with E-state index in [2.05, 4.69) is 35.9 Å². The molecule has 2 N–H and O–H groups in total. The van der Waals surface area contributed by atoms with E-state index >= 15 is 0 Å². The third-order valence-electron chi connectivity index (χ3n) is 4.15. The Morgan fingerprint density at radius 1 is 0.826 bits per heavy atom. The summed E-state index contributed by atoms with van der Waals surface area (Å²) in [5.41, 5.74) is 6.38. The molecular formula is C19H18N4. The fraction of sp³-hybridized carbons (Fsp3) is 0.158. The molecular weight excluding hydrogens is 284 g/mol. The normalized spacial score (nSPS) is 11.2. The third-order valence-corrected chi connectivity index (χ3v) is 4.15. The quantitative estimate of drug-likeness (QED) is 0.586. The summed E-state index contributed by atoms with van der Waals surface area (Å²) in [6, 6.07) is 16.3. The number of H-pyrrole nitrogens is 2. The van der Waals surface area contributed by atoms with Crippen molar-refractivity contribution >= 4 is 11.0 Å². The molecule has 0 atom stereocenters. The van der Waals surface area contributed by atoms with Crippen LogP contribution in [-0.4, -0.2) is 19.9 Å². The van der Waals surface area contributed by atoms with Crippen LogP contribution in [-0.2, 0) is 6.42 Å². The summed E-state index contributed by atoms with van der Waals surface area (Å²) in [6.07, 6.45) is 0.926. The Balaban J connectivity index is 1.89. The Morgan fingerprint density at radius 3 is 2.13 bits per heavy atom. The van der Waals surface area contributed by atoms with Gasteiger partial charge in [-0.3, -0.25) is 0 Å². The van der Waals surface area contributed by atoms with E-state index in [-0.39, 0.29) is 0 Å². The minimum atomic E-state index is 0.869. The number of aromatic nitrogens is 4. The molecule has 0 amide bonds. The first-order chi connectivity index (χ1) is 11.3. The van der Waals surface area contributed by atoms with Crippen molar-refractivity contribution in [3.63, 3.8) is 0 Å². The molecule has 0 bridgehead atoms. The minimum absolute atomic E-state index is 0.869. The van der Waals surface area contributed by atoms with Crippen molar-refractivity contribution in [2.24, 2.45) is 0 Å². The molecule has 0 aliphatic heterocycles. The van der Waals surface area contributed by atoms with Gasteiger partial charge in [0.2, 0.25) is 0 Å². The fourth-order valence-corrected chi connectivity index (χ4v) is 2.94. The predicted molar refractivity (Wildman–Crippen MR) is 93.2 cm³/mol. The van der Waals surface area contributed by atoms with Crippen LogP contribution in [0.3, 0.4) is 0 Å². The number of aromatic amines is 2. The zero-order valence-corrected chi connectivity index (χ0v) is 13.2. The summed E-state index contributed by atoms with van der Waals surface area (Å²) < 4.78 is 0. The Morgan fingerprint density at radius 2 is 1.48 bits per heavy atom. The Kier molecular flexibility index (Phi) is 3.23. The highest BCUT2D eigenvalue weighted by Crippen LogP contribution is 2.30. The van der Waals surface area contributed by atoms with Crippen LogP contribution in [0, 0.1) is 6.92 Å². The van der Waals surface area contributed by atoms with Gasteiger partial charge in [-0.2, -0.15) is 0 Å². The molecule has 0 fully saturated rings. The van der Waals surface area contributed by atoms with Gasteiger partial charge in [0, 0.05) is 16.8 Å². The van der Waals surface area contributed by atoms with Gasteiger partial charge in [-0.1, -0.05) is 43.3 Å². The van der Waals surface area contributed by atoms with Crippen LogP contribution in [0.15, 0.2) is 48.5 Å². The summed E-state index contributed by atoms with van der Waals surface area (Å²) in [7, 11) is 0. The number of benzene rings is 2. The molecule has 0 saturated heterocycles. The first-order valence-electron chi connectivity index (χ1n) is 7.86. The Labute approximate surface area is 134 Å². The van der Waals surface area contributed by atoms with Crippen molar-refractivity contribution in [1.82, 2.24) is 19.9 Å². The average Bonchev–Trinajstić information content (AvgIpc) is 3.18. The molecule has 2 heterocycles. The van der Waals surface area contributed by atoms with Crippen LogP contribution in [0.4, 0.5) is 0 Å². The fourth-order valence-electron chi connectivity index (χ4n) is 2.94. The average molecular weight is 302 g/mol. The maximum atomic E-state index is 4.74. The molecule has 0 aliphatic carbocycles. The molecule has 0 aliphatic rings. The van der Waals surface area contributed by atoms with Gasteiger partial charge in [0.05, 0.1) is 16.7 Å². The van der Waals surface area contributed by atoms with E-state index in [4.69, 9.17) is 9.97 Å². The molecule has 0 spiro atoms. The zero-order valence-electron chi connectivity index (χ0n) is 13.2. The number of nitrogens with zero attached hydrogens (tertiary/aromatic N) is 2. The molecule has 4 heteroatoms. The molecule has 4 aromatic rings. The van der Waals surface area contributed by atoms with Gasteiger partial charge >= 0.3 is 0 Å². The molecule has 23 heavy (non-hydrogen) atoms. The number of aryl methyl sites for hydroxylation is 2. The summed E-state index contributed by atoms with van der Waals surface area (Å²) in [6.45, 7) is 4.19. The third kappa shape index (κ3) is 2.32. The van der Waals surface area contributed by atoms with Gasteiger partial charge in [-0.15, -0.1) is 0 Å². The topological polar surface area (TPSA) is 57.4 Å². The lowest BCUT2D eigenvalue weighted by atomic mass is 10.1. The van der Waals surface area contributed by atoms with Crippen LogP contribution in [0.5, 0.6) is 0 Å². The number of hydrogen-bond acceptors (Lipinski definition) is 2. The van der Waals surface area contributed by atoms with Crippen molar-refractivity contribution < 1.29 is 0 Å². The van der Waals surface area contributed by atoms with Gasteiger partial charge in [0.25, 0.3) is 0 Å². The van der Waals surface area contributed by atoms with Gasteiger partial charge in [0.15, 0.2) is 0 Å². The van der Waals surface area contributed by atoms with Gasteiger partial charge < -0.3 is 9.97 Å². The Hall–Kier alpha value is -2.88. The molecule has 114 valence electrons. The number of imidazole rings is 2. The smallest absolute Gasteiger partial charge is 0.139 e. The van der Waals surface area contributed by atoms with Crippen LogP contribution in [0.2, 0.25) is 0 Å². The molecule has 2 aromatic heterocycles. The second-order valence-electron chi connectivity index (χ2n) is 5.66. The van der Waals surface area contributed by atoms with Crippen molar-refractivity contribution in [2.75, 3.05) is 0 Å². The SMILES string of the molecule is CCc1nc(-c2ccccc2-c2nc3ccccc3[nH]2)[nH]c1C. The lowest BCUT2D eigenvalue weighted by molar-refractivity contribution is 1.04. The number of nitrogens with one attached hydrogen (secondary N) is 2. The van der Waals surface area contributed by atoms with Gasteiger partial charge in [-0.25, -0.2) is 9.97 Å². The van der Waals surface area contributed by atoms with Crippen molar-refractivity contribution in [2.45, 2.75) is 20.3 Å². The summed E-state index contributed by atoms with van der Waals surface area (Å²) in [5, 5.41) is 0. The molecule has 2 aromatic carbocycles. The predicted octanol–water partition coefficient (Wildman–Crippen LogP) is 4.49. The maximum Gasteiger partial charge on any atom is 0.139 e. The second kappa shape index (κ2) is 5.39. The lowest BCUT2D eigenvalue weighted by Crippen LogP contribution is -1.89. The molecule has 4 rings (SSSR count).